The van der Waals surface area contributed by atoms with Crippen LogP contribution in [0, 0.1) is 11.6 Å². The molecule has 108 valence electrons. The quantitative estimate of drug-likeness (QED) is 0.851. The van der Waals surface area contributed by atoms with E-state index in [0.29, 0.717) is 4.88 Å². The smallest absolute Gasteiger partial charge is 0.328 e. The lowest BCUT2D eigenvalue weighted by molar-refractivity contribution is -0.131. The molecule has 0 aliphatic rings. The van der Waals surface area contributed by atoms with E-state index in [-0.39, 0.29) is 4.88 Å². The highest BCUT2D eigenvalue weighted by atomic mass is 32.1. The largest absolute Gasteiger partial charge is 0.478 e. The minimum Gasteiger partial charge on any atom is -0.478 e. The van der Waals surface area contributed by atoms with Gasteiger partial charge >= 0.3 is 5.97 Å². The van der Waals surface area contributed by atoms with Crippen molar-refractivity contribution >= 4 is 35.0 Å². The first kappa shape index (κ1) is 14.9. The molecule has 0 saturated carbocycles. The molecule has 0 radical (unpaired) electrons. The van der Waals surface area contributed by atoms with Crippen molar-refractivity contribution in [1.82, 2.24) is 0 Å². The molecular formula is C14H9F2NO3S. The normalized spacial score (nSPS) is 10.8. The summed E-state index contributed by atoms with van der Waals surface area (Å²) in [6.07, 6.45) is 2.26. The van der Waals surface area contributed by atoms with Crippen molar-refractivity contribution in [2.45, 2.75) is 0 Å². The van der Waals surface area contributed by atoms with Gasteiger partial charge in [-0.05, 0) is 30.3 Å². The Balaban J connectivity index is 2.16. The summed E-state index contributed by atoms with van der Waals surface area (Å²) in [7, 11) is 0. The summed E-state index contributed by atoms with van der Waals surface area (Å²) >= 11 is 1.01. The van der Waals surface area contributed by atoms with Gasteiger partial charge in [-0.1, -0.05) is 6.07 Å². The van der Waals surface area contributed by atoms with Gasteiger partial charge in [0.2, 0.25) is 0 Å². The zero-order chi connectivity index (χ0) is 15.4. The number of carboxylic acid groups (broad SMARTS) is 1. The summed E-state index contributed by atoms with van der Waals surface area (Å²) in [6, 6.07) is 6.25. The molecule has 2 rings (SSSR count). The van der Waals surface area contributed by atoms with Gasteiger partial charge in [-0.15, -0.1) is 11.3 Å². The monoisotopic (exact) mass is 309 g/mol. The van der Waals surface area contributed by atoms with E-state index < -0.39 is 29.2 Å². The maximum absolute atomic E-state index is 13.4. The fourth-order valence-corrected chi connectivity index (χ4v) is 2.32. The molecule has 2 N–H and O–H groups in total. The maximum atomic E-state index is 13.4. The molecule has 1 heterocycles. The third kappa shape index (κ3) is 3.73. The number of nitrogens with one attached hydrogen (secondary N) is 1. The van der Waals surface area contributed by atoms with Gasteiger partial charge < -0.3 is 10.4 Å². The lowest BCUT2D eigenvalue weighted by Gasteiger charge is -2.05. The number of benzene rings is 1. The Morgan fingerprint density at radius 1 is 1.14 bits per heavy atom. The molecule has 0 saturated heterocycles. The third-order valence-corrected chi connectivity index (χ3v) is 3.49. The van der Waals surface area contributed by atoms with Gasteiger partial charge in [0.05, 0.1) is 4.88 Å². The first-order chi connectivity index (χ1) is 9.97. The van der Waals surface area contributed by atoms with Crippen LogP contribution in [-0.2, 0) is 4.79 Å². The van der Waals surface area contributed by atoms with Crippen LogP contribution in [0.4, 0.5) is 14.5 Å². The second-order valence-electron chi connectivity index (χ2n) is 3.92. The number of aliphatic carboxylic acids is 1. The fraction of sp³-hybridized carbons (Fsp3) is 0. The predicted molar refractivity (Wildman–Crippen MR) is 75.3 cm³/mol. The summed E-state index contributed by atoms with van der Waals surface area (Å²) in [5, 5.41) is 10.7. The summed E-state index contributed by atoms with van der Waals surface area (Å²) < 4.78 is 26.8. The van der Waals surface area contributed by atoms with Gasteiger partial charge in [0.15, 0.2) is 0 Å². The number of anilines is 1. The van der Waals surface area contributed by atoms with E-state index in [1.807, 2.05) is 0 Å². The van der Waals surface area contributed by atoms with Crippen LogP contribution < -0.4 is 5.32 Å². The first-order valence-electron chi connectivity index (χ1n) is 5.73. The molecule has 0 spiro atoms. The van der Waals surface area contributed by atoms with Crippen LogP contribution in [0.1, 0.15) is 14.5 Å². The van der Waals surface area contributed by atoms with Crippen molar-refractivity contribution in [2.75, 3.05) is 5.32 Å². The molecule has 0 fully saturated rings. The van der Waals surface area contributed by atoms with Crippen LogP contribution in [0.3, 0.4) is 0 Å². The van der Waals surface area contributed by atoms with Crippen molar-refractivity contribution in [2.24, 2.45) is 0 Å². The topological polar surface area (TPSA) is 66.4 Å². The average Bonchev–Trinajstić information content (AvgIpc) is 2.89. The van der Waals surface area contributed by atoms with Crippen LogP contribution in [0.5, 0.6) is 0 Å². The van der Waals surface area contributed by atoms with Crippen molar-refractivity contribution in [1.29, 1.82) is 0 Å². The molecule has 21 heavy (non-hydrogen) atoms. The molecule has 0 atom stereocenters. The van der Waals surface area contributed by atoms with Crippen LogP contribution in [-0.4, -0.2) is 17.0 Å². The zero-order valence-corrected chi connectivity index (χ0v) is 11.3. The number of carboxylic acids is 1. The van der Waals surface area contributed by atoms with E-state index in [9.17, 15) is 18.4 Å². The summed E-state index contributed by atoms with van der Waals surface area (Å²) in [5.74, 6) is -3.52. The average molecular weight is 309 g/mol. The Kier molecular flexibility index (Phi) is 4.44. The lowest BCUT2D eigenvalue weighted by Crippen LogP contribution is -2.12. The van der Waals surface area contributed by atoms with Gasteiger partial charge in [-0.2, -0.15) is 0 Å². The number of thiophene rings is 1. The number of hydrogen-bond acceptors (Lipinski definition) is 3. The molecule has 0 aliphatic heterocycles. The van der Waals surface area contributed by atoms with Gasteiger partial charge in [-0.3, -0.25) is 4.79 Å². The van der Waals surface area contributed by atoms with Crippen molar-refractivity contribution in [3.05, 3.63) is 57.8 Å². The lowest BCUT2D eigenvalue weighted by atomic mass is 10.3. The molecule has 1 aromatic carbocycles. The number of hydrogen-bond donors (Lipinski definition) is 2. The van der Waals surface area contributed by atoms with Crippen molar-refractivity contribution in [3.8, 4) is 0 Å². The summed E-state index contributed by atoms with van der Waals surface area (Å²) in [6.45, 7) is 0. The Morgan fingerprint density at radius 3 is 2.43 bits per heavy atom. The van der Waals surface area contributed by atoms with Crippen molar-refractivity contribution in [3.63, 3.8) is 0 Å². The molecule has 1 aromatic heterocycles. The molecule has 7 heteroatoms. The molecule has 0 bridgehead atoms. The van der Waals surface area contributed by atoms with Crippen LogP contribution >= 0.6 is 11.3 Å². The molecule has 0 unspecified atom stereocenters. The van der Waals surface area contributed by atoms with E-state index in [4.69, 9.17) is 5.11 Å². The molecular weight excluding hydrogens is 300 g/mol. The van der Waals surface area contributed by atoms with Crippen molar-refractivity contribution < 1.29 is 23.5 Å². The van der Waals surface area contributed by atoms with E-state index in [0.717, 1.165) is 29.5 Å². The van der Waals surface area contributed by atoms with Crippen LogP contribution in [0.15, 0.2) is 36.4 Å². The SMILES string of the molecule is O=C(O)C=Cc1ccc(C(=O)Nc2c(F)cccc2F)s1. The van der Waals surface area contributed by atoms with Gasteiger partial charge in [0, 0.05) is 11.0 Å². The second-order valence-corrected chi connectivity index (χ2v) is 5.04. The Bertz CT molecular complexity index is 705. The fourth-order valence-electron chi connectivity index (χ4n) is 1.51. The maximum Gasteiger partial charge on any atom is 0.328 e. The number of rotatable bonds is 4. The van der Waals surface area contributed by atoms with E-state index in [1.165, 1.54) is 24.3 Å². The van der Waals surface area contributed by atoms with E-state index in [2.05, 4.69) is 5.32 Å². The summed E-state index contributed by atoms with van der Waals surface area (Å²) in [4.78, 5) is 23.0. The Labute approximate surface area is 122 Å². The minimum absolute atomic E-state index is 0.211. The highest BCUT2D eigenvalue weighted by Crippen LogP contribution is 2.22. The third-order valence-electron chi connectivity index (χ3n) is 2.44. The minimum atomic E-state index is -1.11. The number of amides is 1. The van der Waals surface area contributed by atoms with Gasteiger partial charge in [-0.25, -0.2) is 13.6 Å². The Hall–Kier alpha value is -2.54. The van der Waals surface area contributed by atoms with Crippen LogP contribution in [0.25, 0.3) is 6.08 Å². The molecule has 2 aromatic rings. The Morgan fingerprint density at radius 2 is 1.81 bits per heavy atom. The van der Waals surface area contributed by atoms with E-state index >= 15 is 0 Å². The van der Waals surface area contributed by atoms with E-state index in [1.54, 1.807) is 0 Å². The molecule has 0 aliphatic carbocycles. The number of carbonyl (C=O) groups is 2. The molecule has 1 amide bonds. The van der Waals surface area contributed by atoms with Crippen LogP contribution in [0.2, 0.25) is 0 Å². The predicted octanol–water partition coefficient (Wildman–Crippen LogP) is 3.38. The molecule has 4 nitrogen and oxygen atoms in total. The number of carbonyl (C=O) groups excluding carboxylic acids is 1. The highest BCUT2D eigenvalue weighted by Gasteiger charge is 2.14. The first-order valence-corrected chi connectivity index (χ1v) is 6.55. The van der Waals surface area contributed by atoms with Gasteiger partial charge in [0.25, 0.3) is 5.91 Å². The number of halogens is 2. The summed E-state index contributed by atoms with van der Waals surface area (Å²) in [5.41, 5.74) is -0.515. The highest BCUT2D eigenvalue weighted by molar-refractivity contribution is 7.15. The standard InChI is InChI=1S/C14H9F2NO3S/c15-9-2-1-3-10(16)13(9)17-14(20)11-6-4-8(21-11)5-7-12(18)19/h1-7H,(H,17,20)(H,18,19). The zero-order valence-electron chi connectivity index (χ0n) is 10.5. The second kappa shape index (κ2) is 6.27. The number of para-hydroxylation sites is 1. The van der Waals surface area contributed by atoms with Gasteiger partial charge in [0.1, 0.15) is 17.3 Å².